The third-order valence-electron chi connectivity index (χ3n) is 4.08. The van der Waals surface area contributed by atoms with E-state index < -0.39 is 0 Å². The lowest BCUT2D eigenvalue weighted by Crippen LogP contribution is -2.22. The molecule has 2 saturated carbocycles. The Morgan fingerprint density at radius 1 is 1.33 bits per heavy atom. The highest BCUT2D eigenvalue weighted by Gasteiger charge is 2.37. The molecule has 0 saturated heterocycles. The predicted octanol–water partition coefficient (Wildman–Crippen LogP) is 3.26. The number of rotatable bonds is 6. The van der Waals surface area contributed by atoms with Crippen LogP contribution in [0.1, 0.15) is 61.4 Å². The van der Waals surface area contributed by atoms with Crippen molar-refractivity contribution >= 4 is 11.8 Å². The molecule has 2 heterocycles. The number of nitrogens with zero attached hydrogens (tertiary/aromatic N) is 3. The van der Waals surface area contributed by atoms with E-state index in [4.69, 9.17) is 10.2 Å². The van der Waals surface area contributed by atoms with E-state index in [-0.39, 0.29) is 11.3 Å². The lowest BCUT2D eigenvalue weighted by molar-refractivity contribution is 0.485. The van der Waals surface area contributed by atoms with E-state index in [2.05, 4.69) is 14.8 Å². The summed E-state index contributed by atoms with van der Waals surface area (Å²) in [5.74, 6) is 2.72. The minimum Gasteiger partial charge on any atom is -0.468 e. The van der Waals surface area contributed by atoms with Gasteiger partial charge < -0.3 is 14.7 Å². The van der Waals surface area contributed by atoms with Gasteiger partial charge in [-0.2, -0.15) is 0 Å². The summed E-state index contributed by atoms with van der Waals surface area (Å²) in [4.78, 5) is 0. The third kappa shape index (κ3) is 2.62. The van der Waals surface area contributed by atoms with Gasteiger partial charge in [-0.1, -0.05) is 11.8 Å². The highest BCUT2D eigenvalue weighted by atomic mass is 32.2. The first kappa shape index (κ1) is 13.4. The monoisotopic (exact) mass is 304 g/mol. The van der Waals surface area contributed by atoms with Crippen LogP contribution in [0.3, 0.4) is 0 Å². The maximum absolute atomic E-state index is 6.16. The minimum atomic E-state index is -0.00474. The van der Waals surface area contributed by atoms with Crippen LogP contribution in [-0.4, -0.2) is 20.8 Å². The molecule has 5 nitrogen and oxygen atoms in total. The first-order valence-corrected chi connectivity index (χ1v) is 8.52. The van der Waals surface area contributed by atoms with Crippen molar-refractivity contribution in [2.24, 2.45) is 5.73 Å². The summed E-state index contributed by atoms with van der Waals surface area (Å²) in [5.41, 5.74) is 6.16. The normalized spacial score (nSPS) is 21.4. The van der Waals surface area contributed by atoms with Crippen molar-refractivity contribution in [2.75, 3.05) is 0 Å². The number of furan rings is 1. The maximum atomic E-state index is 6.16. The molecule has 2 aromatic rings. The molecule has 2 atom stereocenters. The summed E-state index contributed by atoms with van der Waals surface area (Å²) in [6.07, 6.45) is 6.70. The number of thioether (sulfide) groups is 1. The van der Waals surface area contributed by atoms with Crippen LogP contribution < -0.4 is 5.73 Å². The second-order valence-electron chi connectivity index (χ2n) is 6.13. The van der Waals surface area contributed by atoms with Gasteiger partial charge >= 0.3 is 0 Å². The van der Waals surface area contributed by atoms with Crippen LogP contribution in [0.2, 0.25) is 0 Å². The SMILES string of the molecule is CC(N)C(Sc1nnc(C2CC2)n1C1CC1)c1ccco1. The first-order chi connectivity index (χ1) is 10.2. The van der Waals surface area contributed by atoms with E-state index in [1.54, 1.807) is 18.0 Å². The standard InChI is InChI=1S/C15H20N4OS/c1-9(16)13(12-3-2-8-20-12)21-15-18-17-14(10-4-5-10)19(15)11-6-7-11/h2-3,8-11,13H,4-7,16H2,1H3. The van der Waals surface area contributed by atoms with Gasteiger partial charge in [0, 0.05) is 18.0 Å². The average molecular weight is 304 g/mol. The number of nitrogens with two attached hydrogens (primary N) is 1. The molecule has 2 aliphatic carbocycles. The van der Waals surface area contributed by atoms with Crippen LogP contribution in [0, 0.1) is 0 Å². The van der Waals surface area contributed by atoms with Gasteiger partial charge in [-0.25, -0.2) is 0 Å². The highest BCUT2D eigenvalue weighted by molar-refractivity contribution is 7.99. The number of aromatic nitrogens is 3. The third-order valence-corrected chi connectivity index (χ3v) is 5.48. The van der Waals surface area contributed by atoms with Crippen LogP contribution in [0.5, 0.6) is 0 Å². The van der Waals surface area contributed by atoms with Crippen molar-refractivity contribution in [1.29, 1.82) is 0 Å². The van der Waals surface area contributed by atoms with Crippen LogP contribution >= 0.6 is 11.8 Å². The van der Waals surface area contributed by atoms with E-state index in [9.17, 15) is 0 Å². The van der Waals surface area contributed by atoms with Crippen molar-refractivity contribution in [3.63, 3.8) is 0 Å². The lowest BCUT2D eigenvalue weighted by Gasteiger charge is -2.18. The smallest absolute Gasteiger partial charge is 0.192 e. The van der Waals surface area contributed by atoms with Gasteiger partial charge in [0.2, 0.25) is 0 Å². The van der Waals surface area contributed by atoms with Crippen molar-refractivity contribution in [2.45, 2.75) is 61.0 Å². The molecule has 6 heteroatoms. The Morgan fingerprint density at radius 2 is 2.14 bits per heavy atom. The van der Waals surface area contributed by atoms with Crippen LogP contribution in [0.4, 0.5) is 0 Å². The molecule has 112 valence electrons. The Kier molecular flexibility index (Phi) is 3.30. The van der Waals surface area contributed by atoms with Crippen LogP contribution in [0.15, 0.2) is 28.0 Å². The van der Waals surface area contributed by atoms with Crippen LogP contribution in [0.25, 0.3) is 0 Å². The van der Waals surface area contributed by atoms with E-state index in [0.717, 1.165) is 10.9 Å². The van der Waals surface area contributed by atoms with E-state index in [0.29, 0.717) is 12.0 Å². The fraction of sp³-hybridized carbons (Fsp3) is 0.600. The van der Waals surface area contributed by atoms with Gasteiger partial charge in [-0.05, 0) is 44.7 Å². The van der Waals surface area contributed by atoms with Crippen LogP contribution in [-0.2, 0) is 0 Å². The van der Waals surface area contributed by atoms with Gasteiger partial charge in [0.05, 0.1) is 11.5 Å². The Balaban J connectivity index is 1.63. The summed E-state index contributed by atoms with van der Waals surface area (Å²) >= 11 is 1.69. The quantitative estimate of drug-likeness (QED) is 0.829. The van der Waals surface area contributed by atoms with Gasteiger partial charge in [-0.15, -0.1) is 10.2 Å². The molecule has 0 aliphatic heterocycles. The molecule has 0 aromatic carbocycles. The Labute approximate surface area is 128 Å². The predicted molar refractivity (Wildman–Crippen MR) is 81.2 cm³/mol. The van der Waals surface area contributed by atoms with Gasteiger partial charge in [0.1, 0.15) is 11.6 Å². The summed E-state index contributed by atoms with van der Waals surface area (Å²) in [5, 5.41) is 9.98. The molecule has 0 radical (unpaired) electrons. The Hall–Kier alpha value is -1.27. The summed E-state index contributed by atoms with van der Waals surface area (Å²) < 4.78 is 7.92. The van der Waals surface area contributed by atoms with Crippen molar-refractivity contribution in [3.05, 3.63) is 30.0 Å². The zero-order valence-corrected chi connectivity index (χ0v) is 12.9. The van der Waals surface area contributed by atoms with E-state index in [1.807, 2.05) is 19.1 Å². The molecule has 4 rings (SSSR count). The van der Waals surface area contributed by atoms with Crippen molar-refractivity contribution in [3.8, 4) is 0 Å². The largest absolute Gasteiger partial charge is 0.468 e. The second kappa shape index (κ2) is 5.18. The van der Waals surface area contributed by atoms with E-state index >= 15 is 0 Å². The Bertz CT molecular complexity index is 614. The fourth-order valence-electron chi connectivity index (χ4n) is 2.66. The van der Waals surface area contributed by atoms with Gasteiger partial charge in [0.25, 0.3) is 0 Å². The zero-order valence-electron chi connectivity index (χ0n) is 12.1. The molecule has 2 unspecified atom stereocenters. The molecule has 2 aliphatic rings. The molecule has 2 fully saturated rings. The molecule has 0 amide bonds. The summed E-state index contributed by atoms with van der Waals surface area (Å²) in [6.45, 7) is 2.01. The minimum absolute atomic E-state index is 0.00474. The van der Waals surface area contributed by atoms with E-state index in [1.165, 1.54) is 31.5 Å². The number of hydrogen-bond acceptors (Lipinski definition) is 5. The summed E-state index contributed by atoms with van der Waals surface area (Å²) in [6, 6.07) is 4.49. The highest BCUT2D eigenvalue weighted by Crippen LogP contribution is 2.47. The van der Waals surface area contributed by atoms with Gasteiger partial charge in [-0.3, -0.25) is 0 Å². The van der Waals surface area contributed by atoms with Gasteiger partial charge in [0.15, 0.2) is 5.16 Å². The molecule has 2 aromatic heterocycles. The number of hydrogen-bond donors (Lipinski definition) is 1. The fourth-order valence-corrected chi connectivity index (χ4v) is 3.79. The molecule has 21 heavy (non-hydrogen) atoms. The maximum Gasteiger partial charge on any atom is 0.192 e. The summed E-state index contributed by atoms with van der Waals surface area (Å²) in [7, 11) is 0. The molecule has 0 spiro atoms. The first-order valence-electron chi connectivity index (χ1n) is 7.64. The van der Waals surface area contributed by atoms with Crippen molar-refractivity contribution < 1.29 is 4.42 Å². The molecule has 0 bridgehead atoms. The molecular weight excluding hydrogens is 284 g/mol. The topological polar surface area (TPSA) is 69.9 Å². The average Bonchev–Trinajstić information content (AvgIpc) is 3.39. The van der Waals surface area contributed by atoms with Crippen molar-refractivity contribution in [1.82, 2.24) is 14.8 Å². The lowest BCUT2D eigenvalue weighted by atomic mass is 10.2. The second-order valence-corrected chi connectivity index (χ2v) is 7.24. The Morgan fingerprint density at radius 3 is 2.71 bits per heavy atom. The molecular formula is C15H20N4OS. The molecule has 2 N–H and O–H groups in total. The zero-order chi connectivity index (χ0) is 14.4.